The summed E-state index contributed by atoms with van der Waals surface area (Å²) < 4.78 is 11.6. The van der Waals surface area contributed by atoms with E-state index in [1.807, 2.05) is 6.26 Å². The van der Waals surface area contributed by atoms with Crippen LogP contribution >= 0.6 is 28.3 Å². The lowest BCUT2D eigenvalue weighted by atomic mass is 10.2. The van der Waals surface area contributed by atoms with E-state index in [4.69, 9.17) is 6.42 Å². The van der Waals surface area contributed by atoms with Crippen molar-refractivity contribution in [1.29, 1.82) is 0 Å². The van der Waals surface area contributed by atoms with E-state index < -0.39 is 5.55 Å². The topological polar surface area (TPSA) is 17.1 Å². The van der Waals surface area contributed by atoms with E-state index in [0.717, 1.165) is 11.9 Å². The van der Waals surface area contributed by atoms with Gasteiger partial charge >= 0.3 is 0 Å². The maximum atomic E-state index is 11.6. The van der Waals surface area contributed by atoms with Gasteiger partial charge in [0.25, 0.3) is 0 Å². The monoisotopic (exact) mass is 192 g/mol. The molecule has 0 amide bonds. The zero-order valence-electron chi connectivity index (χ0n) is 5.74. The third-order valence-electron chi connectivity index (χ3n) is 1.43. The summed E-state index contributed by atoms with van der Waals surface area (Å²) in [5.41, 5.74) is -1.93. The number of terminal acetylenes is 1. The Balaban J connectivity index is 2.60. The molecule has 0 aliphatic carbocycles. The van der Waals surface area contributed by atoms with Crippen molar-refractivity contribution in [1.82, 2.24) is 0 Å². The predicted molar refractivity (Wildman–Crippen MR) is 50.8 cm³/mol. The van der Waals surface area contributed by atoms with Crippen molar-refractivity contribution in [3.63, 3.8) is 0 Å². The summed E-state index contributed by atoms with van der Waals surface area (Å²) in [5, 5.41) is 0. The largest absolute Gasteiger partial charge is 0.300 e. The van der Waals surface area contributed by atoms with Crippen LogP contribution < -0.4 is 0 Å². The molecular weight excluding hydrogens is 183 g/mol. The first-order valence-corrected chi connectivity index (χ1v) is 8.27. The van der Waals surface area contributed by atoms with Gasteiger partial charge < -0.3 is 4.57 Å². The first-order valence-electron chi connectivity index (χ1n) is 2.95. The Hall–Kier alpha value is 0.490. The molecule has 1 nitrogen and oxygen atoms in total. The fraction of sp³-hybridized carbons (Fsp3) is 0.667. The molecule has 4 heteroatoms. The van der Waals surface area contributed by atoms with Crippen molar-refractivity contribution in [2.24, 2.45) is 5.92 Å². The standard InChI is InChI=1S/C6H9OPS2/c1-3-6-4-8(7,9-2)10-5-6/h1,6H,4-5H2,2H3. The van der Waals surface area contributed by atoms with Crippen LogP contribution in [0.2, 0.25) is 0 Å². The predicted octanol–water partition coefficient (Wildman–Crippen LogP) is 2.54. The van der Waals surface area contributed by atoms with Gasteiger partial charge in [0.15, 0.2) is 5.55 Å². The summed E-state index contributed by atoms with van der Waals surface area (Å²) in [6.45, 7) is 0. The Morgan fingerprint density at radius 2 is 2.60 bits per heavy atom. The van der Waals surface area contributed by atoms with Crippen molar-refractivity contribution >= 4 is 28.3 Å². The Kier molecular flexibility index (Phi) is 2.80. The second-order valence-corrected chi connectivity index (χ2v) is 10.8. The van der Waals surface area contributed by atoms with E-state index in [-0.39, 0.29) is 5.92 Å². The SMILES string of the molecule is C#CC1CSP(=O)(SC)C1. The van der Waals surface area contributed by atoms with Crippen molar-refractivity contribution in [2.75, 3.05) is 18.2 Å². The summed E-state index contributed by atoms with van der Waals surface area (Å²) in [6, 6.07) is 0. The molecule has 0 aromatic carbocycles. The normalized spacial score (nSPS) is 39.4. The zero-order chi connectivity index (χ0) is 7.61. The lowest BCUT2D eigenvalue weighted by Crippen LogP contribution is -1.95. The Morgan fingerprint density at radius 3 is 2.90 bits per heavy atom. The lowest BCUT2D eigenvalue weighted by Gasteiger charge is -2.03. The van der Waals surface area contributed by atoms with Gasteiger partial charge in [-0.2, -0.15) is 0 Å². The molecule has 2 unspecified atom stereocenters. The maximum absolute atomic E-state index is 11.6. The second-order valence-electron chi connectivity index (χ2n) is 2.14. The van der Waals surface area contributed by atoms with E-state index in [1.165, 1.54) is 11.4 Å². The summed E-state index contributed by atoms with van der Waals surface area (Å²) in [6.07, 6.45) is 7.84. The summed E-state index contributed by atoms with van der Waals surface area (Å²) >= 11 is 3.03. The van der Waals surface area contributed by atoms with Gasteiger partial charge in [-0.3, -0.25) is 0 Å². The molecule has 1 saturated heterocycles. The molecule has 0 aromatic rings. The maximum Gasteiger partial charge on any atom is 0.192 e. The molecule has 56 valence electrons. The molecule has 0 bridgehead atoms. The van der Waals surface area contributed by atoms with E-state index >= 15 is 0 Å². The molecule has 0 aromatic heterocycles. The first-order chi connectivity index (χ1) is 4.70. The van der Waals surface area contributed by atoms with Crippen LogP contribution in [0.15, 0.2) is 0 Å². The van der Waals surface area contributed by atoms with Gasteiger partial charge in [0, 0.05) is 17.8 Å². The molecule has 0 radical (unpaired) electrons. The van der Waals surface area contributed by atoms with Crippen molar-refractivity contribution in [2.45, 2.75) is 0 Å². The summed E-state index contributed by atoms with van der Waals surface area (Å²) in [7, 11) is 0. The van der Waals surface area contributed by atoms with Gasteiger partial charge in [0.05, 0.1) is 0 Å². The van der Waals surface area contributed by atoms with Gasteiger partial charge in [-0.05, 0) is 6.26 Å². The average Bonchev–Trinajstić information content (AvgIpc) is 2.33. The van der Waals surface area contributed by atoms with E-state index in [0.29, 0.717) is 0 Å². The molecule has 0 saturated carbocycles. The number of rotatable bonds is 1. The van der Waals surface area contributed by atoms with Crippen LogP contribution in [-0.2, 0) is 4.57 Å². The minimum Gasteiger partial charge on any atom is -0.300 e. The minimum absolute atomic E-state index is 0.253. The molecule has 0 N–H and O–H groups in total. The van der Waals surface area contributed by atoms with Crippen molar-refractivity contribution in [3.8, 4) is 12.3 Å². The molecule has 2 atom stereocenters. The fourth-order valence-corrected chi connectivity index (χ4v) is 7.61. The fourth-order valence-electron chi connectivity index (χ4n) is 0.807. The van der Waals surface area contributed by atoms with Crippen LogP contribution in [0.4, 0.5) is 0 Å². The minimum atomic E-state index is -1.93. The van der Waals surface area contributed by atoms with Gasteiger partial charge in [-0.1, -0.05) is 22.8 Å². The highest BCUT2D eigenvalue weighted by Crippen LogP contribution is 2.72. The zero-order valence-corrected chi connectivity index (χ0v) is 8.27. The van der Waals surface area contributed by atoms with E-state index in [9.17, 15) is 4.57 Å². The highest BCUT2D eigenvalue weighted by molar-refractivity contribution is 8.90. The van der Waals surface area contributed by atoms with E-state index in [2.05, 4.69) is 5.92 Å². The number of hydrogen-bond acceptors (Lipinski definition) is 3. The van der Waals surface area contributed by atoms with Gasteiger partial charge in [0.1, 0.15) is 0 Å². The summed E-state index contributed by atoms with van der Waals surface area (Å²) in [5.74, 6) is 3.78. The van der Waals surface area contributed by atoms with E-state index in [1.54, 1.807) is 11.4 Å². The summed E-state index contributed by atoms with van der Waals surface area (Å²) in [4.78, 5) is 0. The molecular formula is C6H9OPS2. The first kappa shape index (κ1) is 8.59. The van der Waals surface area contributed by atoms with Crippen LogP contribution in [0.3, 0.4) is 0 Å². The number of hydrogen-bond donors (Lipinski definition) is 0. The molecule has 10 heavy (non-hydrogen) atoms. The average molecular weight is 192 g/mol. The third-order valence-corrected chi connectivity index (χ3v) is 10.3. The molecule has 0 spiro atoms. The lowest BCUT2D eigenvalue weighted by molar-refractivity contribution is 0.592. The van der Waals surface area contributed by atoms with Crippen molar-refractivity contribution in [3.05, 3.63) is 0 Å². The van der Waals surface area contributed by atoms with Gasteiger partial charge in [0.2, 0.25) is 0 Å². The molecule has 1 aliphatic heterocycles. The third kappa shape index (κ3) is 1.75. The Morgan fingerprint density at radius 1 is 1.90 bits per heavy atom. The van der Waals surface area contributed by atoms with Crippen LogP contribution in [0.25, 0.3) is 0 Å². The quantitative estimate of drug-likeness (QED) is 0.469. The highest BCUT2D eigenvalue weighted by atomic mass is 33.1. The Labute approximate surface area is 69.6 Å². The van der Waals surface area contributed by atoms with Crippen LogP contribution in [-0.4, -0.2) is 18.2 Å². The van der Waals surface area contributed by atoms with Crippen molar-refractivity contribution < 1.29 is 4.57 Å². The molecule has 1 fully saturated rings. The smallest absolute Gasteiger partial charge is 0.192 e. The molecule has 1 heterocycles. The van der Waals surface area contributed by atoms with Gasteiger partial charge in [-0.15, -0.1) is 12.3 Å². The van der Waals surface area contributed by atoms with Crippen LogP contribution in [0, 0.1) is 18.3 Å². The molecule has 1 aliphatic rings. The highest BCUT2D eigenvalue weighted by Gasteiger charge is 2.33. The Bertz CT molecular complexity index is 208. The second kappa shape index (κ2) is 3.26. The van der Waals surface area contributed by atoms with Crippen LogP contribution in [0.5, 0.6) is 0 Å². The van der Waals surface area contributed by atoms with Crippen LogP contribution in [0.1, 0.15) is 0 Å². The molecule has 1 rings (SSSR count). The van der Waals surface area contributed by atoms with Gasteiger partial charge in [-0.25, -0.2) is 0 Å².